The molecule has 4 N–H and O–H groups in total. The van der Waals surface area contributed by atoms with E-state index in [4.69, 9.17) is 24.7 Å². The number of fused-ring (bicyclic) bond motifs is 1. The minimum absolute atomic E-state index is 0.151. The largest absolute Gasteiger partial charge is 0.493 e. The number of nitrogens with zero attached hydrogens (tertiary/aromatic N) is 2. The molecule has 0 unspecified atom stereocenters. The monoisotopic (exact) mass is 548 g/mol. The van der Waals surface area contributed by atoms with Gasteiger partial charge in [0, 0.05) is 29.8 Å². The maximum absolute atomic E-state index is 15.0. The maximum Gasteiger partial charge on any atom is 0.300 e. The van der Waals surface area contributed by atoms with Gasteiger partial charge in [-0.05, 0) is 64.4 Å². The fourth-order valence-corrected chi connectivity index (χ4v) is 3.99. The van der Waals surface area contributed by atoms with Gasteiger partial charge in [-0.3, -0.25) is 0 Å². The van der Waals surface area contributed by atoms with E-state index in [1.54, 1.807) is 39.3 Å². The Hall–Kier alpha value is -3.28. The Morgan fingerprint density at radius 3 is 2.21 bits per heavy atom. The SMILES string of the molecule is COCCOCCOc1cc2c(NC(C)(C)c3cc(N)cc(C(F)(F)C(C)(C)O)c3)nc(C)nc2cc1OC. The van der Waals surface area contributed by atoms with Crippen LogP contribution in [0.2, 0.25) is 0 Å². The second-order valence-electron chi connectivity index (χ2n) is 10.3. The first-order chi connectivity index (χ1) is 18.2. The lowest BCUT2D eigenvalue weighted by Crippen LogP contribution is -2.40. The van der Waals surface area contributed by atoms with Crippen LogP contribution < -0.4 is 20.5 Å². The molecule has 2 aromatic carbocycles. The lowest BCUT2D eigenvalue weighted by molar-refractivity contribution is -0.168. The average Bonchev–Trinajstić information content (AvgIpc) is 2.84. The molecule has 0 amide bonds. The Labute approximate surface area is 227 Å². The van der Waals surface area contributed by atoms with Crippen LogP contribution in [0.3, 0.4) is 0 Å². The summed E-state index contributed by atoms with van der Waals surface area (Å²) in [7, 11) is 3.15. The number of alkyl halides is 2. The number of methoxy groups -OCH3 is 2. The number of halogens is 2. The number of ether oxygens (including phenoxy) is 4. The van der Waals surface area contributed by atoms with Crippen LogP contribution in [0.4, 0.5) is 20.3 Å². The fourth-order valence-electron chi connectivity index (χ4n) is 3.99. The molecule has 0 saturated heterocycles. The van der Waals surface area contributed by atoms with Gasteiger partial charge in [0.15, 0.2) is 11.5 Å². The molecule has 1 aromatic heterocycles. The molecule has 9 nitrogen and oxygen atoms in total. The van der Waals surface area contributed by atoms with Crippen LogP contribution in [0.25, 0.3) is 10.9 Å². The van der Waals surface area contributed by atoms with Gasteiger partial charge in [0.1, 0.15) is 23.9 Å². The van der Waals surface area contributed by atoms with Gasteiger partial charge in [-0.25, -0.2) is 9.97 Å². The number of hydrogen-bond acceptors (Lipinski definition) is 9. The molecule has 0 aliphatic heterocycles. The summed E-state index contributed by atoms with van der Waals surface area (Å²) >= 11 is 0. The standard InChI is InChI=1S/C28H38F2N4O5/c1-17-32-22-16-23(37-7)24(39-11-10-38-9-8-36-6)15-21(22)25(33-17)34-26(2,3)18-12-19(14-20(31)13-18)28(29,30)27(4,5)35/h12-16,35H,8-11,31H2,1-7H3,(H,32,33,34). The molecular formula is C28H38F2N4O5. The van der Waals surface area contributed by atoms with Crippen LogP contribution in [0.5, 0.6) is 11.5 Å². The maximum atomic E-state index is 15.0. The van der Waals surface area contributed by atoms with Crippen molar-refractivity contribution in [2.75, 3.05) is 51.7 Å². The Bertz CT molecular complexity index is 1300. The zero-order valence-corrected chi connectivity index (χ0v) is 23.5. The number of aromatic nitrogens is 2. The van der Waals surface area contributed by atoms with Gasteiger partial charge in [-0.15, -0.1) is 0 Å². The molecule has 214 valence electrons. The Morgan fingerprint density at radius 1 is 0.897 bits per heavy atom. The first kappa shape index (κ1) is 30.3. The summed E-state index contributed by atoms with van der Waals surface area (Å²) < 4.78 is 51.9. The van der Waals surface area contributed by atoms with Crippen LogP contribution in [0, 0.1) is 6.92 Å². The van der Waals surface area contributed by atoms with Crippen molar-refractivity contribution in [1.29, 1.82) is 0 Å². The van der Waals surface area contributed by atoms with Crippen LogP contribution >= 0.6 is 0 Å². The lowest BCUT2D eigenvalue weighted by Gasteiger charge is -2.32. The highest BCUT2D eigenvalue weighted by Gasteiger charge is 2.47. The molecule has 1 heterocycles. The molecule has 0 bridgehead atoms. The Morgan fingerprint density at radius 2 is 1.56 bits per heavy atom. The predicted molar refractivity (Wildman–Crippen MR) is 147 cm³/mol. The zero-order chi connectivity index (χ0) is 29.0. The quantitative estimate of drug-likeness (QED) is 0.205. The minimum Gasteiger partial charge on any atom is -0.493 e. The summed E-state index contributed by atoms with van der Waals surface area (Å²) in [5.41, 5.74) is 3.72. The highest BCUT2D eigenvalue weighted by Crippen LogP contribution is 2.42. The van der Waals surface area contributed by atoms with Crippen molar-refractivity contribution in [2.24, 2.45) is 0 Å². The van der Waals surface area contributed by atoms with Crippen LogP contribution in [-0.4, -0.2) is 61.3 Å². The highest BCUT2D eigenvalue weighted by molar-refractivity contribution is 5.92. The third kappa shape index (κ3) is 7.03. The van der Waals surface area contributed by atoms with E-state index in [1.165, 1.54) is 12.1 Å². The van der Waals surface area contributed by atoms with Crippen molar-refractivity contribution in [3.63, 3.8) is 0 Å². The molecule has 11 heteroatoms. The second-order valence-corrected chi connectivity index (χ2v) is 10.3. The van der Waals surface area contributed by atoms with E-state index in [9.17, 15) is 5.11 Å². The molecule has 0 atom stereocenters. The molecule has 0 fully saturated rings. The zero-order valence-electron chi connectivity index (χ0n) is 23.5. The van der Waals surface area contributed by atoms with E-state index in [2.05, 4.69) is 15.3 Å². The van der Waals surface area contributed by atoms with Gasteiger partial charge in [0.25, 0.3) is 0 Å². The second kappa shape index (κ2) is 11.8. The van der Waals surface area contributed by atoms with E-state index in [1.807, 2.05) is 13.8 Å². The summed E-state index contributed by atoms with van der Waals surface area (Å²) in [6.07, 6.45) is 0. The number of nitrogens with two attached hydrogens (primary N) is 1. The van der Waals surface area contributed by atoms with Gasteiger partial charge < -0.3 is 35.1 Å². The molecule has 0 aliphatic carbocycles. The van der Waals surface area contributed by atoms with Gasteiger partial charge in [0.05, 0.1) is 38.0 Å². The van der Waals surface area contributed by atoms with E-state index in [-0.39, 0.29) is 17.9 Å². The van der Waals surface area contributed by atoms with Gasteiger partial charge in [-0.2, -0.15) is 8.78 Å². The molecule has 0 radical (unpaired) electrons. The summed E-state index contributed by atoms with van der Waals surface area (Å²) in [5.74, 6) is -1.57. The number of anilines is 2. The summed E-state index contributed by atoms with van der Waals surface area (Å²) in [4.78, 5) is 9.13. The molecule has 0 spiro atoms. The van der Waals surface area contributed by atoms with Crippen molar-refractivity contribution < 1.29 is 32.8 Å². The average molecular weight is 549 g/mol. The molecule has 3 rings (SSSR count). The number of aliphatic hydroxyl groups is 1. The van der Waals surface area contributed by atoms with Gasteiger partial charge >= 0.3 is 5.92 Å². The number of nitrogen functional groups attached to an aromatic ring is 1. The van der Waals surface area contributed by atoms with Gasteiger partial charge in [-0.1, -0.05) is 0 Å². The Balaban J connectivity index is 1.98. The van der Waals surface area contributed by atoms with Gasteiger partial charge in [0.2, 0.25) is 0 Å². The molecule has 39 heavy (non-hydrogen) atoms. The summed E-state index contributed by atoms with van der Waals surface area (Å²) in [5, 5.41) is 14.1. The summed E-state index contributed by atoms with van der Waals surface area (Å²) in [6.45, 7) is 9.14. The molecule has 3 aromatic rings. The lowest BCUT2D eigenvalue weighted by atomic mass is 9.87. The predicted octanol–water partition coefficient (Wildman–Crippen LogP) is 4.78. The number of rotatable bonds is 13. The van der Waals surface area contributed by atoms with E-state index >= 15 is 8.78 Å². The highest BCUT2D eigenvalue weighted by atomic mass is 19.3. The van der Waals surface area contributed by atoms with E-state index in [0.29, 0.717) is 59.4 Å². The number of nitrogens with one attached hydrogen (secondary N) is 1. The van der Waals surface area contributed by atoms with Crippen molar-refractivity contribution in [3.05, 3.63) is 47.3 Å². The van der Waals surface area contributed by atoms with E-state index in [0.717, 1.165) is 13.8 Å². The Kier molecular flexibility index (Phi) is 9.20. The van der Waals surface area contributed by atoms with Crippen molar-refractivity contribution in [1.82, 2.24) is 9.97 Å². The first-order valence-corrected chi connectivity index (χ1v) is 12.6. The third-order valence-electron chi connectivity index (χ3n) is 6.25. The molecule has 0 aliphatic rings. The summed E-state index contributed by atoms with van der Waals surface area (Å²) in [6, 6.07) is 7.67. The van der Waals surface area contributed by atoms with Crippen molar-refractivity contribution in [2.45, 2.75) is 51.7 Å². The molecule has 0 saturated carbocycles. The normalized spacial score (nSPS) is 12.6. The molecular weight excluding hydrogens is 510 g/mol. The number of aryl methyl sites for hydroxylation is 1. The first-order valence-electron chi connectivity index (χ1n) is 12.6. The van der Waals surface area contributed by atoms with Crippen LogP contribution in [-0.2, 0) is 20.9 Å². The number of benzene rings is 2. The number of hydrogen-bond donors (Lipinski definition) is 3. The third-order valence-corrected chi connectivity index (χ3v) is 6.25. The van der Waals surface area contributed by atoms with Crippen LogP contribution in [0.15, 0.2) is 30.3 Å². The topological polar surface area (TPSA) is 121 Å². The minimum atomic E-state index is -3.53. The van der Waals surface area contributed by atoms with E-state index < -0.39 is 17.1 Å². The fraction of sp³-hybridized carbons (Fsp3) is 0.500. The van der Waals surface area contributed by atoms with Crippen molar-refractivity contribution >= 4 is 22.4 Å². The van der Waals surface area contributed by atoms with Crippen molar-refractivity contribution in [3.8, 4) is 11.5 Å². The van der Waals surface area contributed by atoms with Crippen LogP contribution in [0.1, 0.15) is 44.6 Å². The smallest absolute Gasteiger partial charge is 0.300 e.